The molecule has 0 unspecified atom stereocenters. The highest BCUT2D eigenvalue weighted by atomic mass is 35.5. The third-order valence-electron chi connectivity index (χ3n) is 9.09. The van der Waals surface area contributed by atoms with Crippen LogP contribution in [0, 0.1) is 0 Å². The van der Waals surface area contributed by atoms with Crippen LogP contribution in [0.15, 0.2) is 164 Å². The number of carboxylic acid groups (broad SMARTS) is 1. The second-order valence-electron chi connectivity index (χ2n) is 12.3. The number of fused-ring (bicyclic) bond motifs is 1. The van der Waals surface area contributed by atoms with Crippen molar-refractivity contribution in [1.82, 2.24) is 4.57 Å². The number of ether oxygens (including phenoxy) is 1. The Hall–Kier alpha value is -5.95. The number of aromatic carboxylic acids is 1. The molecule has 1 amide bonds. The molecule has 0 spiro atoms. The Morgan fingerprint density at radius 2 is 1.24 bits per heavy atom. The molecule has 6 nitrogen and oxygen atoms in total. The number of anilines is 1. The molecular weight excluding hydrogens is 656 g/mol. The number of hydrogen-bond acceptors (Lipinski definition) is 3. The maximum atomic E-state index is 14.0. The van der Waals surface area contributed by atoms with Crippen LogP contribution in [-0.4, -0.2) is 28.2 Å². The van der Waals surface area contributed by atoms with E-state index in [0.29, 0.717) is 25.3 Å². The van der Waals surface area contributed by atoms with Gasteiger partial charge in [0.05, 0.1) is 17.9 Å². The molecule has 7 rings (SSSR count). The summed E-state index contributed by atoms with van der Waals surface area (Å²) >= 11 is 6.09. The minimum atomic E-state index is -1.18. The minimum absolute atomic E-state index is 0.0858. The molecule has 7 aromatic rings. The molecule has 6 aromatic carbocycles. The topological polar surface area (TPSA) is 80.6 Å². The number of carboxylic acids is 1. The third-order valence-corrected chi connectivity index (χ3v) is 9.32. The zero-order chi connectivity index (χ0) is 35.2. The molecular formula is C44H35ClN2O4. The number of hydrogen-bond donors (Lipinski definition) is 2. The number of amides is 1. The average molecular weight is 691 g/mol. The Labute approximate surface area is 301 Å². The van der Waals surface area contributed by atoms with Crippen molar-refractivity contribution in [2.24, 2.45) is 0 Å². The van der Waals surface area contributed by atoms with Gasteiger partial charge in [-0.05, 0) is 70.6 Å². The molecule has 0 saturated heterocycles. The van der Waals surface area contributed by atoms with E-state index in [2.05, 4.69) is 66.0 Å². The van der Waals surface area contributed by atoms with Crippen LogP contribution in [0.3, 0.4) is 0 Å². The first-order chi connectivity index (χ1) is 24.9. The molecule has 0 atom stereocenters. The third kappa shape index (κ3) is 6.93. The molecule has 0 radical (unpaired) electrons. The van der Waals surface area contributed by atoms with Gasteiger partial charge in [-0.3, -0.25) is 4.79 Å². The first-order valence-corrected chi connectivity index (χ1v) is 17.2. The summed E-state index contributed by atoms with van der Waals surface area (Å²) in [5.74, 6) is -1.61. The van der Waals surface area contributed by atoms with Gasteiger partial charge in [-0.1, -0.05) is 139 Å². The zero-order valence-electron chi connectivity index (χ0n) is 27.7. The minimum Gasteiger partial charge on any atom is -0.478 e. The molecule has 1 heterocycles. The summed E-state index contributed by atoms with van der Waals surface area (Å²) in [6.07, 6.45) is 0.583. The van der Waals surface area contributed by atoms with Crippen LogP contribution in [0.2, 0.25) is 5.02 Å². The highest BCUT2D eigenvalue weighted by Gasteiger charge is 2.37. The standard InChI is InChI=1S/C44H35ClN2O4/c45-37-23-24-39(38(30-37)43(49)50)46-42(48)41-29-33-28-32(31-14-5-1-6-15-31)22-25-40(33)47(41)26-13-27-51-44(34-16-7-2-8-17-34,35-18-9-3-10-19-35)36-20-11-4-12-21-36/h1-12,14-25,28-30H,13,26-27H2,(H,46,48)(H,49,50). The average Bonchev–Trinajstić information content (AvgIpc) is 3.55. The molecule has 2 N–H and O–H groups in total. The van der Waals surface area contributed by atoms with Crippen molar-refractivity contribution in [2.45, 2.75) is 18.6 Å². The quantitative estimate of drug-likeness (QED) is 0.0988. The largest absolute Gasteiger partial charge is 0.478 e. The van der Waals surface area contributed by atoms with Crippen LogP contribution >= 0.6 is 11.6 Å². The van der Waals surface area contributed by atoms with Gasteiger partial charge in [0, 0.05) is 22.5 Å². The molecule has 0 fully saturated rings. The van der Waals surface area contributed by atoms with E-state index in [-0.39, 0.29) is 16.3 Å². The molecule has 252 valence electrons. The van der Waals surface area contributed by atoms with Crippen molar-refractivity contribution >= 4 is 40.1 Å². The van der Waals surface area contributed by atoms with Gasteiger partial charge < -0.3 is 19.7 Å². The van der Waals surface area contributed by atoms with E-state index in [1.165, 1.54) is 12.1 Å². The fraction of sp³-hybridized carbons (Fsp3) is 0.0909. The van der Waals surface area contributed by atoms with Crippen molar-refractivity contribution < 1.29 is 19.4 Å². The SMILES string of the molecule is O=C(O)c1cc(Cl)ccc1NC(=O)c1cc2cc(-c3ccccc3)ccc2n1CCCOC(c1ccccc1)(c1ccccc1)c1ccccc1. The zero-order valence-corrected chi connectivity index (χ0v) is 28.5. The second kappa shape index (κ2) is 14.9. The van der Waals surface area contributed by atoms with Gasteiger partial charge in [0.15, 0.2) is 0 Å². The lowest BCUT2D eigenvalue weighted by atomic mass is 9.80. The summed E-state index contributed by atoms with van der Waals surface area (Å²) < 4.78 is 9.01. The molecule has 0 aliphatic carbocycles. The van der Waals surface area contributed by atoms with Gasteiger partial charge in [0.1, 0.15) is 11.3 Å². The van der Waals surface area contributed by atoms with Crippen molar-refractivity contribution in [1.29, 1.82) is 0 Å². The number of carbonyl (C=O) groups is 2. The molecule has 1 aromatic heterocycles. The van der Waals surface area contributed by atoms with Crippen LogP contribution in [0.4, 0.5) is 5.69 Å². The summed E-state index contributed by atoms with van der Waals surface area (Å²) in [6, 6.07) is 53.2. The fourth-order valence-corrected chi connectivity index (χ4v) is 6.89. The number of benzene rings is 6. The summed E-state index contributed by atoms with van der Waals surface area (Å²) in [4.78, 5) is 26.0. The monoisotopic (exact) mass is 690 g/mol. The highest BCUT2D eigenvalue weighted by Crippen LogP contribution is 2.40. The first-order valence-electron chi connectivity index (χ1n) is 16.8. The van der Waals surface area contributed by atoms with E-state index in [9.17, 15) is 14.7 Å². The van der Waals surface area contributed by atoms with Gasteiger partial charge in [0.25, 0.3) is 5.91 Å². The number of nitrogens with zero attached hydrogens (tertiary/aromatic N) is 1. The van der Waals surface area contributed by atoms with E-state index in [1.807, 2.05) is 89.5 Å². The fourth-order valence-electron chi connectivity index (χ4n) is 6.72. The Morgan fingerprint density at radius 1 is 0.667 bits per heavy atom. The number of nitrogens with one attached hydrogen (secondary N) is 1. The number of aryl methyl sites for hydroxylation is 1. The Kier molecular flexibility index (Phi) is 9.79. The summed E-state index contributed by atoms with van der Waals surface area (Å²) in [5, 5.41) is 13.8. The van der Waals surface area contributed by atoms with Crippen molar-refractivity contribution in [3.8, 4) is 11.1 Å². The molecule has 0 saturated carbocycles. The summed E-state index contributed by atoms with van der Waals surface area (Å²) in [6.45, 7) is 0.847. The molecule has 0 aliphatic rings. The lowest BCUT2D eigenvalue weighted by Gasteiger charge is -2.36. The van der Waals surface area contributed by atoms with E-state index in [4.69, 9.17) is 16.3 Å². The number of aromatic nitrogens is 1. The van der Waals surface area contributed by atoms with E-state index < -0.39 is 17.5 Å². The van der Waals surface area contributed by atoms with Crippen LogP contribution < -0.4 is 5.32 Å². The Balaban J connectivity index is 1.24. The molecule has 0 bridgehead atoms. The number of halogens is 1. The molecule has 0 aliphatic heterocycles. The molecule has 7 heteroatoms. The Bertz CT molecular complexity index is 2190. The smallest absolute Gasteiger partial charge is 0.337 e. The normalized spacial score (nSPS) is 11.4. The number of carbonyl (C=O) groups excluding carboxylic acids is 1. The second-order valence-corrected chi connectivity index (χ2v) is 12.7. The number of rotatable bonds is 12. The maximum Gasteiger partial charge on any atom is 0.337 e. The van der Waals surface area contributed by atoms with Gasteiger partial charge in [0.2, 0.25) is 0 Å². The van der Waals surface area contributed by atoms with E-state index in [0.717, 1.165) is 38.7 Å². The molecule has 51 heavy (non-hydrogen) atoms. The van der Waals surface area contributed by atoms with Gasteiger partial charge in [-0.25, -0.2) is 4.79 Å². The van der Waals surface area contributed by atoms with E-state index in [1.54, 1.807) is 6.07 Å². The van der Waals surface area contributed by atoms with Crippen LogP contribution in [0.1, 0.15) is 44.0 Å². The van der Waals surface area contributed by atoms with E-state index >= 15 is 0 Å². The predicted molar refractivity (Wildman–Crippen MR) is 204 cm³/mol. The lowest BCUT2D eigenvalue weighted by molar-refractivity contribution is 0.0101. The van der Waals surface area contributed by atoms with Crippen molar-refractivity contribution in [3.05, 3.63) is 197 Å². The summed E-state index contributed by atoms with van der Waals surface area (Å²) in [7, 11) is 0. The Morgan fingerprint density at radius 3 is 1.80 bits per heavy atom. The summed E-state index contributed by atoms with van der Waals surface area (Å²) in [5.41, 5.74) is 5.64. The van der Waals surface area contributed by atoms with Crippen LogP contribution in [0.25, 0.3) is 22.0 Å². The lowest BCUT2D eigenvalue weighted by Crippen LogP contribution is -2.33. The first kappa shape index (κ1) is 33.5. The van der Waals surface area contributed by atoms with Crippen LogP contribution in [-0.2, 0) is 16.9 Å². The van der Waals surface area contributed by atoms with Gasteiger partial charge in [-0.15, -0.1) is 0 Å². The highest BCUT2D eigenvalue weighted by molar-refractivity contribution is 6.31. The predicted octanol–water partition coefficient (Wildman–Crippen LogP) is 10.3. The van der Waals surface area contributed by atoms with Crippen LogP contribution in [0.5, 0.6) is 0 Å². The van der Waals surface area contributed by atoms with Gasteiger partial charge >= 0.3 is 5.97 Å². The van der Waals surface area contributed by atoms with Crippen molar-refractivity contribution in [2.75, 3.05) is 11.9 Å². The maximum absolute atomic E-state index is 14.0. The van der Waals surface area contributed by atoms with Gasteiger partial charge in [-0.2, -0.15) is 0 Å². The van der Waals surface area contributed by atoms with Crippen molar-refractivity contribution in [3.63, 3.8) is 0 Å².